The first-order valence-corrected chi connectivity index (χ1v) is 4.06. The lowest BCUT2D eigenvalue weighted by Gasteiger charge is -1.98. The van der Waals surface area contributed by atoms with E-state index in [0.717, 1.165) is 10.7 Å². The lowest BCUT2D eigenvalue weighted by molar-refractivity contribution is 1.13. The van der Waals surface area contributed by atoms with E-state index in [0.29, 0.717) is 0 Å². The van der Waals surface area contributed by atoms with Crippen LogP contribution >= 0.6 is 11.8 Å². The van der Waals surface area contributed by atoms with Crippen LogP contribution in [-0.2, 0) is 0 Å². The van der Waals surface area contributed by atoms with Crippen LogP contribution in [0.5, 0.6) is 0 Å². The molecule has 54 valence electrons. The number of pyridine rings is 1. The van der Waals surface area contributed by atoms with Crippen molar-refractivity contribution in [1.82, 2.24) is 4.98 Å². The lowest BCUT2D eigenvalue weighted by Crippen LogP contribution is -2.06. The predicted molar refractivity (Wildman–Crippen MR) is 43.8 cm³/mol. The van der Waals surface area contributed by atoms with Crippen LogP contribution in [-0.4, -0.2) is 11.2 Å². The molecular formula is C6H9N3S. The summed E-state index contributed by atoms with van der Waals surface area (Å²) in [5.74, 6) is 5.14. The lowest BCUT2D eigenvalue weighted by atomic mass is 10.4. The van der Waals surface area contributed by atoms with E-state index in [9.17, 15) is 0 Å². The molecule has 0 aliphatic rings. The van der Waals surface area contributed by atoms with Gasteiger partial charge in [0, 0.05) is 0 Å². The van der Waals surface area contributed by atoms with Crippen LogP contribution in [0.4, 0.5) is 5.69 Å². The number of rotatable bonds is 2. The van der Waals surface area contributed by atoms with Crippen LogP contribution in [0.1, 0.15) is 0 Å². The van der Waals surface area contributed by atoms with Gasteiger partial charge in [0.15, 0.2) is 0 Å². The quantitative estimate of drug-likeness (QED) is 0.381. The molecule has 1 rings (SSSR count). The largest absolute Gasteiger partial charge is 0.323 e. The molecule has 1 heterocycles. The highest BCUT2D eigenvalue weighted by Crippen LogP contribution is 2.12. The molecule has 0 radical (unpaired) electrons. The van der Waals surface area contributed by atoms with Gasteiger partial charge in [0.05, 0.1) is 16.9 Å². The Morgan fingerprint density at radius 2 is 2.40 bits per heavy atom. The van der Waals surface area contributed by atoms with E-state index < -0.39 is 0 Å². The van der Waals surface area contributed by atoms with Gasteiger partial charge in [-0.15, -0.1) is 11.8 Å². The van der Waals surface area contributed by atoms with Gasteiger partial charge >= 0.3 is 0 Å². The Balaban J connectivity index is 2.80. The summed E-state index contributed by atoms with van der Waals surface area (Å²) < 4.78 is 0. The van der Waals surface area contributed by atoms with E-state index >= 15 is 0 Å². The number of hydrogen-bond donors (Lipinski definition) is 2. The van der Waals surface area contributed by atoms with Gasteiger partial charge in [-0.3, -0.25) is 5.84 Å². The summed E-state index contributed by atoms with van der Waals surface area (Å²) in [7, 11) is 0. The summed E-state index contributed by atoms with van der Waals surface area (Å²) in [5.41, 5.74) is 3.34. The van der Waals surface area contributed by atoms with Crippen molar-refractivity contribution in [3.8, 4) is 0 Å². The molecule has 0 aromatic carbocycles. The maximum Gasteiger partial charge on any atom is 0.0958 e. The van der Waals surface area contributed by atoms with Crippen LogP contribution in [0.25, 0.3) is 0 Å². The number of aromatic nitrogens is 1. The summed E-state index contributed by atoms with van der Waals surface area (Å²) in [6, 6.07) is 3.80. The maximum absolute atomic E-state index is 5.14. The molecule has 0 saturated heterocycles. The molecule has 10 heavy (non-hydrogen) atoms. The van der Waals surface area contributed by atoms with Crippen molar-refractivity contribution in [2.45, 2.75) is 5.03 Å². The number of anilines is 1. The highest BCUT2D eigenvalue weighted by atomic mass is 32.2. The highest BCUT2D eigenvalue weighted by molar-refractivity contribution is 7.98. The molecule has 1 aromatic heterocycles. The van der Waals surface area contributed by atoms with Crippen LogP contribution < -0.4 is 11.3 Å². The molecule has 0 fully saturated rings. The average Bonchev–Trinajstić information content (AvgIpc) is 2.05. The van der Waals surface area contributed by atoms with E-state index in [-0.39, 0.29) is 0 Å². The molecule has 3 nitrogen and oxygen atoms in total. The molecule has 0 unspecified atom stereocenters. The van der Waals surface area contributed by atoms with Crippen LogP contribution in [0.3, 0.4) is 0 Å². The number of nitrogens with one attached hydrogen (secondary N) is 1. The zero-order chi connectivity index (χ0) is 7.40. The van der Waals surface area contributed by atoms with Gasteiger partial charge in [-0.1, -0.05) is 0 Å². The molecule has 1 aromatic rings. The first-order valence-electron chi connectivity index (χ1n) is 2.83. The summed E-state index contributed by atoms with van der Waals surface area (Å²) in [4.78, 5) is 4.09. The van der Waals surface area contributed by atoms with E-state index in [1.165, 1.54) is 0 Å². The van der Waals surface area contributed by atoms with Gasteiger partial charge in [0.25, 0.3) is 0 Å². The molecule has 0 spiro atoms. The molecule has 0 atom stereocenters. The van der Waals surface area contributed by atoms with Crippen molar-refractivity contribution in [3.63, 3.8) is 0 Å². The normalized spacial score (nSPS) is 9.40. The van der Waals surface area contributed by atoms with Gasteiger partial charge < -0.3 is 5.43 Å². The number of nitrogens with zero attached hydrogens (tertiary/aromatic N) is 1. The fourth-order valence-corrected chi connectivity index (χ4v) is 0.949. The monoisotopic (exact) mass is 155 g/mol. The second kappa shape index (κ2) is 3.43. The first-order chi connectivity index (χ1) is 4.86. The SMILES string of the molecule is CSc1ccc(NN)cn1. The van der Waals surface area contributed by atoms with Gasteiger partial charge in [-0.25, -0.2) is 4.98 Å². The van der Waals surface area contributed by atoms with Crippen molar-refractivity contribution in [3.05, 3.63) is 18.3 Å². The number of thioether (sulfide) groups is 1. The first kappa shape index (κ1) is 7.37. The Morgan fingerprint density at radius 3 is 2.80 bits per heavy atom. The maximum atomic E-state index is 5.14. The number of hydrazine groups is 1. The van der Waals surface area contributed by atoms with E-state index in [1.54, 1.807) is 18.0 Å². The summed E-state index contributed by atoms with van der Waals surface area (Å²) in [6.07, 6.45) is 3.68. The fraction of sp³-hybridized carbons (Fsp3) is 0.167. The number of nitrogens with two attached hydrogens (primary N) is 1. The molecule has 0 aliphatic carbocycles. The molecule has 0 amide bonds. The molecule has 3 N–H and O–H groups in total. The molecule has 0 aliphatic heterocycles. The van der Waals surface area contributed by atoms with E-state index in [4.69, 9.17) is 5.84 Å². The fourth-order valence-electron chi connectivity index (χ4n) is 0.586. The zero-order valence-corrected chi connectivity index (χ0v) is 6.48. The summed E-state index contributed by atoms with van der Waals surface area (Å²) in [5, 5.41) is 0.999. The Morgan fingerprint density at radius 1 is 1.60 bits per heavy atom. The zero-order valence-electron chi connectivity index (χ0n) is 5.66. The van der Waals surface area contributed by atoms with Crippen molar-refractivity contribution < 1.29 is 0 Å². The molecule has 0 saturated carbocycles. The average molecular weight is 155 g/mol. The number of hydrogen-bond acceptors (Lipinski definition) is 4. The Labute approximate surface area is 64.0 Å². The predicted octanol–water partition coefficient (Wildman–Crippen LogP) is 1.09. The highest BCUT2D eigenvalue weighted by Gasteiger charge is 1.89. The van der Waals surface area contributed by atoms with Crippen molar-refractivity contribution in [2.75, 3.05) is 11.7 Å². The molecular weight excluding hydrogens is 146 g/mol. The summed E-state index contributed by atoms with van der Waals surface area (Å²) >= 11 is 1.61. The minimum Gasteiger partial charge on any atom is -0.323 e. The number of nitrogen functional groups attached to an aromatic ring is 1. The Kier molecular flexibility index (Phi) is 2.53. The van der Waals surface area contributed by atoms with Gasteiger partial charge in [0.1, 0.15) is 0 Å². The third-order valence-corrected chi connectivity index (χ3v) is 1.77. The molecule has 0 bridgehead atoms. The third kappa shape index (κ3) is 1.62. The second-order valence-corrected chi connectivity index (χ2v) is 2.56. The standard InChI is InChI=1S/C6H9N3S/c1-10-6-3-2-5(9-7)4-8-6/h2-4,9H,7H2,1H3. The minimum atomic E-state index is 0.831. The molecule has 4 heteroatoms. The topological polar surface area (TPSA) is 50.9 Å². The van der Waals surface area contributed by atoms with Gasteiger partial charge in [0.2, 0.25) is 0 Å². The second-order valence-electron chi connectivity index (χ2n) is 1.73. The van der Waals surface area contributed by atoms with Crippen molar-refractivity contribution in [2.24, 2.45) is 5.84 Å². The summed E-state index contributed by atoms with van der Waals surface area (Å²) in [6.45, 7) is 0. The third-order valence-electron chi connectivity index (χ3n) is 1.11. The van der Waals surface area contributed by atoms with Gasteiger partial charge in [-0.2, -0.15) is 0 Å². The van der Waals surface area contributed by atoms with E-state index in [1.807, 2.05) is 18.4 Å². The minimum absolute atomic E-state index is 0.831. The Bertz CT molecular complexity index is 174. The van der Waals surface area contributed by atoms with Crippen molar-refractivity contribution in [1.29, 1.82) is 0 Å². The van der Waals surface area contributed by atoms with Gasteiger partial charge in [-0.05, 0) is 18.4 Å². The van der Waals surface area contributed by atoms with Crippen LogP contribution in [0.15, 0.2) is 23.4 Å². The van der Waals surface area contributed by atoms with Crippen LogP contribution in [0.2, 0.25) is 0 Å². The van der Waals surface area contributed by atoms with Crippen LogP contribution in [0, 0.1) is 0 Å². The Hall–Kier alpha value is -0.740. The van der Waals surface area contributed by atoms with Crippen molar-refractivity contribution >= 4 is 17.4 Å². The smallest absolute Gasteiger partial charge is 0.0958 e. The van der Waals surface area contributed by atoms with E-state index in [2.05, 4.69) is 10.4 Å².